The molecule has 0 radical (unpaired) electrons. The third kappa shape index (κ3) is 3.32. The maximum Gasteiger partial charge on any atom is 0.253 e. The van der Waals surface area contributed by atoms with Crippen molar-refractivity contribution in [1.29, 1.82) is 0 Å². The highest BCUT2D eigenvalue weighted by atomic mass is 16.1. The minimum atomic E-state index is -0.141. The van der Waals surface area contributed by atoms with Gasteiger partial charge in [-0.25, -0.2) is 0 Å². The van der Waals surface area contributed by atoms with Crippen molar-refractivity contribution < 1.29 is 4.79 Å². The first-order valence-electron chi connectivity index (χ1n) is 5.23. The van der Waals surface area contributed by atoms with Crippen molar-refractivity contribution in [3.63, 3.8) is 0 Å². The molecule has 1 rings (SSSR count). The molecule has 0 bridgehead atoms. The van der Waals surface area contributed by atoms with Crippen LogP contribution >= 0.6 is 0 Å². The Bertz CT molecular complexity index is 418. The predicted octanol–water partition coefficient (Wildman–Crippen LogP) is 1.72. The van der Waals surface area contributed by atoms with E-state index in [1.165, 1.54) is 0 Å². The first-order valence-corrected chi connectivity index (χ1v) is 5.23. The lowest BCUT2D eigenvalue weighted by molar-refractivity contribution is 0.0954. The summed E-state index contributed by atoms with van der Waals surface area (Å²) in [5.74, 6) is 2.39. The zero-order chi connectivity index (χ0) is 12.0. The molecular formula is C13H16N2O. The van der Waals surface area contributed by atoms with Crippen molar-refractivity contribution >= 4 is 11.6 Å². The van der Waals surface area contributed by atoms with Gasteiger partial charge in [0.15, 0.2) is 0 Å². The van der Waals surface area contributed by atoms with Crippen LogP contribution in [-0.4, -0.2) is 12.5 Å². The summed E-state index contributed by atoms with van der Waals surface area (Å²) >= 11 is 0. The second kappa shape index (κ2) is 5.82. The number of nitrogens with two attached hydrogens (primary N) is 1. The number of rotatable bonds is 4. The Morgan fingerprint density at radius 3 is 3.00 bits per heavy atom. The van der Waals surface area contributed by atoms with E-state index in [0.717, 1.165) is 12.0 Å². The molecule has 0 fully saturated rings. The Labute approximate surface area is 96.0 Å². The van der Waals surface area contributed by atoms with Crippen molar-refractivity contribution in [2.24, 2.45) is 0 Å². The van der Waals surface area contributed by atoms with Crippen molar-refractivity contribution in [1.82, 2.24) is 5.32 Å². The molecule has 1 aromatic carbocycles. The van der Waals surface area contributed by atoms with Gasteiger partial charge in [-0.05, 0) is 25.5 Å². The van der Waals surface area contributed by atoms with Gasteiger partial charge in [0.25, 0.3) is 5.91 Å². The maximum absolute atomic E-state index is 11.7. The maximum atomic E-state index is 11.7. The van der Waals surface area contributed by atoms with Crippen LogP contribution in [0.15, 0.2) is 18.2 Å². The molecule has 0 saturated heterocycles. The number of hydrogen-bond acceptors (Lipinski definition) is 2. The number of nitrogen functional groups attached to an aromatic ring is 1. The zero-order valence-electron chi connectivity index (χ0n) is 9.42. The molecule has 1 amide bonds. The number of aryl methyl sites for hydroxylation is 1. The van der Waals surface area contributed by atoms with Crippen LogP contribution in [0.3, 0.4) is 0 Å². The monoisotopic (exact) mass is 216 g/mol. The summed E-state index contributed by atoms with van der Waals surface area (Å²) in [6, 6.07) is 5.40. The first-order chi connectivity index (χ1) is 7.65. The molecule has 0 saturated carbocycles. The average molecular weight is 216 g/mol. The van der Waals surface area contributed by atoms with Crippen LogP contribution in [0.2, 0.25) is 0 Å². The number of unbranched alkanes of at least 4 members (excludes halogenated alkanes) is 1. The molecule has 0 aliphatic heterocycles. The highest BCUT2D eigenvalue weighted by molar-refractivity contribution is 5.99. The van der Waals surface area contributed by atoms with Gasteiger partial charge >= 0.3 is 0 Å². The van der Waals surface area contributed by atoms with E-state index in [2.05, 4.69) is 11.2 Å². The van der Waals surface area contributed by atoms with E-state index in [0.29, 0.717) is 24.2 Å². The van der Waals surface area contributed by atoms with Crippen LogP contribution < -0.4 is 11.1 Å². The van der Waals surface area contributed by atoms with E-state index in [1.54, 1.807) is 12.1 Å². The average Bonchev–Trinajstić information content (AvgIpc) is 2.27. The first kappa shape index (κ1) is 12.1. The molecule has 3 N–H and O–H groups in total. The molecule has 0 aromatic heterocycles. The Morgan fingerprint density at radius 2 is 2.31 bits per heavy atom. The fourth-order valence-electron chi connectivity index (χ4n) is 1.35. The number of carbonyl (C=O) groups excluding carboxylic acids is 1. The molecule has 0 spiro atoms. The van der Waals surface area contributed by atoms with Crippen LogP contribution in [-0.2, 0) is 0 Å². The minimum absolute atomic E-state index is 0.141. The van der Waals surface area contributed by atoms with Crippen molar-refractivity contribution in [3.05, 3.63) is 29.3 Å². The fourth-order valence-corrected chi connectivity index (χ4v) is 1.35. The molecule has 0 aliphatic carbocycles. The van der Waals surface area contributed by atoms with E-state index in [-0.39, 0.29) is 5.91 Å². The lowest BCUT2D eigenvalue weighted by Gasteiger charge is -2.07. The molecular weight excluding hydrogens is 200 g/mol. The van der Waals surface area contributed by atoms with Crippen molar-refractivity contribution in [2.45, 2.75) is 19.8 Å². The molecule has 3 heteroatoms. The van der Waals surface area contributed by atoms with E-state index in [9.17, 15) is 4.79 Å². The van der Waals surface area contributed by atoms with E-state index >= 15 is 0 Å². The number of nitrogens with one attached hydrogen (secondary N) is 1. The summed E-state index contributed by atoms with van der Waals surface area (Å²) in [5.41, 5.74) is 7.77. The summed E-state index contributed by atoms with van der Waals surface area (Å²) in [5, 5.41) is 2.79. The Balaban J connectivity index is 2.59. The van der Waals surface area contributed by atoms with Crippen molar-refractivity contribution in [3.8, 4) is 12.3 Å². The number of anilines is 1. The van der Waals surface area contributed by atoms with Crippen LogP contribution in [0.25, 0.3) is 0 Å². The zero-order valence-corrected chi connectivity index (χ0v) is 9.42. The molecule has 0 atom stereocenters. The topological polar surface area (TPSA) is 55.1 Å². The van der Waals surface area contributed by atoms with Gasteiger partial charge < -0.3 is 11.1 Å². The third-order valence-corrected chi connectivity index (χ3v) is 2.24. The van der Waals surface area contributed by atoms with Crippen LogP contribution in [0.4, 0.5) is 5.69 Å². The highest BCUT2D eigenvalue weighted by Gasteiger charge is 2.08. The van der Waals surface area contributed by atoms with Gasteiger partial charge in [-0.2, -0.15) is 0 Å². The fraction of sp³-hybridized carbons (Fsp3) is 0.308. The quantitative estimate of drug-likeness (QED) is 0.457. The number of carbonyl (C=O) groups is 1. The predicted molar refractivity (Wildman–Crippen MR) is 66.0 cm³/mol. The van der Waals surface area contributed by atoms with Gasteiger partial charge in [0, 0.05) is 18.7 Å². The Hall–Kier alpha value is -1.95. The number of amides is 1. The lowest BCUT2D eigenvalue weighted by Crippen LogP contribution is -2.25. The normalized spacial score (nSPS) is 9.50. The Morgan fingerprint density at radius 1 is 1.56 bits per heavy atom. The second-order valence-electron chi connectivity index (χ2n) is 3.65. The Kier molecular flexibility index (Phi) is 4.41. The van der Waals surface area contributed by atoms with Gasteiger partial charge in [0.05, 0.1) is 5.56 Å². The summed E-state index contributed by atoms with van der Waals surface area (Å²) in [6.45, 7) is 2.50. The van der Waals surface area contributed by atoms with Gasteiger partial charge in [0.1, 0.15) is 0 Å². The molecule has 0 aliphatic rings. The van der Waals surface area contributed by atoms with Gasteiger partial charge in [0.2, 0.25) is 0 Å². The van der Waals surface area contributed by atoms with E-state index < -0.39 is 0 Å². The minimum Gasteiger partial charge on any atom is -0.398 e. The summed E-state index contributed by atoms with van der Waals surface area (Å²) in [7, 11) is 0. The highest BCUT2D eigenvalue weighted by Crippen LogP contribution is 2.13. The third-order valence-electron chi connectivity index (χ3n) is 2.24. The van der Waals surface area contributed by atoms with Gasteiger partial charge in [-0.1, -0.05) is 11.6 Å². The van der Waals surface area contributed by atoms with Crippen molar-refractivity contribution in [2.75, 3.05) is 12.3 Å². The summed E-state index contributed by atoms with van der Waals surface area (Å²) < 4.78 is 0. The molecule has 0 unspecified atom stereocenters. The molecule has 84 valence electrons. The summed E-state index contributed by atoms with van der Waals surface area (Å²) in [4.78, 5) is 11.7. The molecule has 0 heterocycles. The molecule has 16 heavy (non-hydrogen) atoms. The smallest absolute Gasteiger partial charge is 0.253 e. The lowest BCUT2D eigenvalue weighted by atomic mass is 10.1. The SMILES string of the molecule is C#CCCCNC(=O)c1cc(C)ccc1N. The number of terminal acetylenes is 1. The van der Waals surface area contributed by atoms with E-state index in [4.69, 9.17) is 12.2 Å². The second-order valence-corrected chi connectivity index (χ2v) is 3.65. The van der Waals surface area contributed by atoms with E-state index in [1.807, 2.05) is 13.0 Å². The molecule has 3 nitrogen and oxygen atoms in total. The van der Waals surface area contributed by atoms with Crippen LogP contribution in [0.5, 0.6) is 0 Å². The molecule has 1 aromatic rings. The summed E-state index contributed by atoms with van der Waals surface area (Å²) in [6.07, 6.45) is 6.57. The van der Waals surface area contributed by atoms with Crippen LogP contribution in [0.1, 0.15) is 28.8 Å². The number of benzene rings is 1. The van der Waals surface area contributed by atoms with Gasteiger partial charge in [-0.3, -0.25) is 4.79 Å². The van der Waals surface area contributed by atoms with Crippen LogP contribution in [0, 0.1) is 19.3 Å². The number of hydrogen-bond donors (Lipinski definition) is 2. The largest absolute Gasteiger partial charge is 0.398 e. The van der Waals surface area contributed by atoms with Gasteiger partial charge in [-0.15, -0.1) is 12.3 Å². The standard InChI is InChI=1S/C13H16N2O/c1-3-4-5-8-15-13(16)11-9-10(2)6-7-12(11)14/h1,6-7,9H,4-5,8,14H2,2H3,(H,15,16).